The van der Waals surface area contributed by atoms with Gasteiger partial charge >= 0.3 is 0 Å². The van der Waals surface area contributed by atoms with Crippen molar-refractivity contribution in [2.75, 3.05) is 25.5 Å². The zero-order valence-corrected chi connectivity index (χ0v) is 10.4. The molecule has 0 radical (unpaired) electrons. The zero-order chi connectivity index (χ0) is 12.1. The van der Waals surface area contributed by atoms with Gasteiger partial charge < -0.3 is 10.2 Å². The van der Waals surface area contributed by atoms with E-state index in [-0.39, 0.29) is 5.91 Å². The quantitative estimate of drug-likeness (QED) is 0.844. The van der Waals surface area contributed by atoms with Gasteiger partial charge in [-0.2, -0.15) is 0 Å². The van der Waals surface area contributed by atoms with Crippen molar-refractivity contribution < 1.29 is 4.79 Å². The van der Waals surface area contributed by atoms with Gasteiger partial charge in [-0.05, 0) is 26.8 Å². The Kier molecular flexibility index (Phi) is 4.28. The van der Waals surface area contributed by atoms with Crippen LogP contribution in [0, 0.1) is 6.92 Å². The van der Waals surface area contributed by atoms with E-state index in [2.05, 4.69) is 10.3 Å². The van der Waals surface area contributed by atoms with Crippen molar-refractivity contribution >= 4 is 11.6 Å². The number of amides is 1. The molecular weight excluding hydrogens is 202 g/mol. The number of anilines is 1. The van der Waals surface area contributed by atoms with Crippen LogP contribution in [0.4, 0.5) is 5.69 Å². The molecule has 0 aliphatic rings. The summed E-state index contributed by atoms with van der Waals surface area (Å²) in [6.45, 7) is 7.29. The van der Waals surface area contributed by atoms with E-state index in [4.69, 9.17) is 0 Å². The van der Waals surface area contributed by atoms with Gasteiger partial charge in [-0.15, -0.1) is 0 Å². The molecular formula is C12H19N3O. The largest absolute Gasteiger partial charge is 0.387 e. The number of hydrogen-bond acceptors (Lipinski definition) is 3. The van der Waals surface area contributed by atoms with Crippen LogP contribution in [0.25, 0.3) is 0 Å². The van der Waals surface area contributed by atoms with Crippen LogP contribution in [-0.2, 0) is 0 Å². The molecule has 1 rings (SSSR count). The third kappa shape index (κ3) is 2.51. The number of aryl methyl sites for hydroxylation is 1. The lowest BCUT2D eigenvalue weighted by atomic mass is 10.2. The highest BCUT2D eigenvalue weighted by Crippen LogP contribution is 2.17. The van der Waals surface area contributed by atoms with Crippen molar-refractivity contribution in [3.05, 3.63) is 23.5 Å². The number of carbonyl (C=O) groups excluding carboxylic acids is 1. The van der Waals surface area contributed by atoms with Crippen molar-refractivity contribution in [3.8, 4) is 0 Å². The summed E-state index contributed by atoms with van der Waals surface area (Å²) in [5.41, 5.74) is 2.38. The van der Waals surface area contributed by atoms with E-state index in [1.165, 1.54) is 0 Å². The topological polar surface area (TPSA) is 45.2 Å². The van der Waals surface area contributed by atoms with E-state index in [0.29, 0.717) is 18.7 Å². The lowest BCUT2D eigenvalue weighted by Crippen LogP contribution is -2.31. The number of rotatable bonds is 4. The van der Waals surface area contributed by atoms with Gasteiger partial charge in [0.05, 0.1) is 11.3 Å². The number of nitrogens with zero attached hydrogens (tertiary/aromatic N) is 2. The maximum absolute atomic E-state index is 12.1. The van der Waals surface area contributed by atoms with Crippen LogP contribution in [0.2, 0.25) is 0 Å². The molecule has 1 heterocycles. The molecule has 4 nitrogen and oxygen atoms in total. The summed E-state index contributed by atoms with van der Waals surface area (Å²) in [7, 11) is 1.81. The highest BCUT2D eigenvalue weighted by atomic mass is 16.2. The predicted octanol–water partition coefficient (Wildman–Crippen LogP) is 1.91. The Balaban J connectivity index is 3.07. The Morgan fingerprint density at radius 2 is 2.06 bits per heavy atom. The first kappa shape index (κ1) is 12.5. The summed E-state index contributed by atoms with van der Waals surface area (Å²) in [5.74, 6) is 0.0295. The maximum Gasteiger partial charge on any atom is 0.257 e. The lowest BCUT2D eigenvalue weighted by Gasteiger charge is -2.20. The highest BCUT2D eigenvalue weighted by molar-refractivity contribution is 5.99. The van der Waals surface area contributed by atoms with Gasteiger partial charge in [0.25, 0.3) is 5.91 Å². The molecule has 1 aromatic heterocycles. The Labute approximate surface area is 96.7 Å². The summed E-state index contributed by atoms with van der Waals surface area (Å²) in [6, 6.07) is 1.89. The first-order chi connectivity index (χ1) is 7.63. The van der Waals surface area contributed by atoms with Crippen LogP contribution >= 0.6 is 0 Å². The minimum Gasteiger partial charge on any atom is -0.387 e. The van der Waals surface area contributed by atoms with E-state index in [9.17, 15) is 4.79 Å². The van der Waals surface area contributed by atoms with E-state index in [0.717, 1.165) is 11.4 Å². The Bertz CT molecular complexity index is 373. The van der Waals surface area contributed by atoms with Gasteiger partial charge in [0.2, 0.25) is 0 Å². The Morgan fingerprint density at radius 3 is 2.56 bits per heavy atom. The second-order valence-corrected chi connectivity index (χ2v) is 3.60. The third-order valence-corrected chi connectivity index (χ3v) is 2.59. The molecule has 0 aromatic carbocycles. The molecule has 4 heteroatoms. The van der Waals surface area contributed by atoms with Crippen molar-refractivity contribution in [1.29, 1.82) is 0 Å². The standard InChI is InChI=1S/C12H19N3O/c1-5-15(6-2)12(16)10-8-14-9(3)7-11(10)13-4/h7-8H,5-6H2,1-4H3,(H,13,14). The zero-order valence-electron chi connectivity index (χ0n) is 10.4. The number of hydrogen-bond donors (Lipinski definition) is 1. The van der Waals surface area contributed by atoms with Crippen molar-refractivity contribution in [1.82, 2.24) is 9.88 Å². The average Bonchev–Trinajstić information content (AvgIpc) is 2.30. The SMILES string of the molecule is CCN(CC)C(=O)c1cnc(C)cc1NC. The number of carbonyl (C=O) groups is 1. The Morgan fingerprint density at radius 1 is 1.44 bits per heavy atom. The second-order valence-electron chi connectivity index (χ2n) is 3.60. The summed E-state index contributed by atoms with van der Waals surface area (Å²) >= 11 is 0. The molecule has 0 fully saturated rings. The van der Waals surface area contributed by atoms with Gasteiger partial charge in [-0.3, -0.25) is 9.78 Å². The van der Waals surface area contributed by atoms with E-state index in [1.807, 2.05) is 33.9 Å². The van der Waals surface area contributed by atoms with Crippen LogP contribution in [0.3, 0.4) is 0 Å². The van der Waals surface area contributed by atoms with Crippen molar-refractivity contribution in [3.63, 3.8) is 0 Å². The van der Waals surface area contributed by atoms with E-state index < -0.39 is 0 Å². The summed E-state index contributed by atoms with van der Waals surface area (Å²) in [5, 5.41) is 3.03. The van der Waals surface area contributed by atoms with Crippen LogP contribution in [0.15, 0.2) is 12.3 Å². The lowest BCUT2D eigenvalue weighted by molar-refractivity contribution is 0.0773. The summed E-state index contributed by atoms with van der Waals surface area (Å²) in [6.07, 6.45) is 1.64. The molecule has 16 heavy (non-hydrogen) atoms. The van der Waals surface area contributed by atoms with E-state index >= 15 is 0 Å². The fourth-order valence-corrected chi connectivity index (χ4v) is 1.62. The predicted molar refractivity (Wildman–Crippen MR) is 65.8 cm³/mol. The first-order valence-corrected chi connectivity index (χ1v) is 5.57. The van der Waals surface area contributed by atoms with Crippen LogP contribution < -0.4 is 5.32 Å². The molecule has 0 atom stereocenters. The minimum absolute atomic E-state index is 0.0295. The highest BCUT2D eigenvalue weighted by Gasteiger charge is 2.16. The van der Waals surface area contributed by atoms with Gasteiger partial charge in [0.1, 0.15) is 0 Å². The first-order valence-electron chi connectivity index (χ1n) is 5.57. The molecule has 0 spiro atoms. The monoisotopic (exact) mass is 221 g/mol. The molecule has 88 valence electrons. The molecule has 0 unspecified atom stereocenters. The van der Waals surface area contributed by atoms with Gasteiger partial charge in [0.15, 0.2) is 0 Å². The van der Waals surface area contributed by atoms with Crippen LogP contribution in [0.1, 0.15) is 29.9 Å². The molecule has 0 bridgehead atoms. The fraction of sp³-hybridized carbons (Fsp3) is 0.500. The van der Waals surface area contributed by atoms with Gasteiger partial charge in [-0.1, -0.05) is 0 Å². The second kappa shape index (κ2) is 5.49. The molecule has 1 N–H and O–H groups in total. The normalized spacial score (nSPS) is 10.0. The smallest absolute Gasteiger partial charge is 0.257 e. The molecule has 0 aliphatic carbocycles. The minimum atomic E-state index is 0.0295. The third-order valence-electron chi connectivity index (χ3n) is 2.59. The maximum atomic E-state index is 12.1. The molecule has 0 saturated carbocycles. The van der Waals surface area contributed by atoms with Crippen LogP contribution in [0.5, 0.6) is 0 Å². The van der Waals surface area contributed by atoms with Crippen LogP contribution in [-0.4, -0.2) is 35.9 Å². The average molecular weight is 221 g/mol. The molecule has 1 amide bonds. The van der Waals surface area contributed by atoms with Gasteiger partial charge in [-0.25, -0.2) is 0 Å². The summed E-state index contributed by atoms with van der Waals surface area (Å²) < 4.78 is 0. The fourth-order valence-electron chi connectivity index (χ4n) is 1.62. The van der Waals surface area contributed by atoms with Crippen molar-refractivity contribution in [2.45, 2.75) is 20.8 Å². The molecule has 0 saturated heterocycles. The summed E-state index contributed by atoms with van der Waals surface area (Å²) in [4.78, 5) is 18.1. The van der Waals surface area contributed by atoms with Gasteiger partial charge in [0, 0.05) is 32.0 Å². The molecule has 1 aromatic rings. The Hall–Kier alpha value is -1.58. The number of nitrogens with one attached hydrogen (secondary N) is 1. The van der Waals surface area contributed by atoms with Crippen molar-refractivity contribution in [2.24, 2.45) is 0 Å². The number of pyridine rings is 1. The molecule has 0 aliphatic heterocycles. The number of aromatic nitrogens is 1. The van der Waals surface area contributed by atoms with E-state index in [1.54, 1.807) is 11.1 Å².